The highest BCUT2D eigenvalue weighted by atomic mass is 31.2. The van der Waals surface area contributed by atoms with E-state index >= 15 is 0 Å². The number of benzene rings is 2. The molecule has 132 valence electrons. The van der Waals surface area contributed by atoms with Crippen molar-refractivity contribution in [3.8, 4) is 11.5 Å². The van der Waals surface area contributed by atoms with E-state index in [9.17, 15) is 9.36 Å². The predicted molar refractivity (Wildman–Crippen MR) is 93.5 cm³/mol. The summed E-state index contributed by atoms with van der Waals surface area (Å²) in [5.74, 6) is 0.118. The van der Waals surface area contributed by atoms with Gasteiger partial charge in [0.1, 0.15) is 18.1 Å². The van der Waals surface area contributed by atoms with Crippen LogP contribution in [0.25, 0.3) is 0 Å². The summed E-state index contributed by atoms with van der Waals surface area (Å²) in [5, 5.41) is 0. The van der Waals surface area contributed by atoms with Crippen molar-refractivity contribution < 1.29 is 27.7 Å². The number of hydrogen-bond donors (Lipinski definition) is 0. The molecule has 0 heterocycles. The van der Waals surface area contributed by atoms with E-state index in [-0.39, 0.29) is 18.8 Å². The summed E-state index contributed by atoms with van der Waals surface area (Å²) in [6.07, 6.45) is 0. The normalized spacial score (nSPS) is 10.8. The Bertz CT molecular complexity index is 699. The van der Waals surface area contributed by atoms with Gasteiger partial charge in [-0.05, 0) is 31.2 Å². The maximum atomic E-state index is 12.9. The van der Waals surface area contributed by atoms with Gasteiger partial charge in [-0.3, -0.25) is 4.52 Å². The summed E-state index contributed by atoms with van der Waals surface area (Å²) in [7, 11) is -3.96. The number of carbonyl (C=O) groups is 1. The van der Waals surface area contributed by atoms with E-state index in [1.165, 1.54) is 6.92 Å². The summed E-state index contributed by atoms with van der Waals surface area (Å²) in [5.41, 5.74) is 0.268. The third kappa shape index (κ3) is 6.45. The molecule has 25 heavy (non-hydrogen) atoms. The van der Waals surface area contributed by atoms with Gasteiger partial charge in [0, 0.05) is 5.57 Å². The number of esters is 1. The van der Waals surface area contributed by atoms with Gasteiger partial charge >= 0.3 is 13.8 Å². The van der Waals surface area contributed by atoms with Crippen LogP contribution in [0.4, 0.5) is 0 Å². The topological polar surface area (TPSA) is 71.1 Å². The summed E-state index contributed by atoms with van der Waals surface area (Å²) < 4.78 is 33.9. The zero-order valence-electron chi connectivity index (χ0n) is 13.8. The van der Waals surface area contributed by atoms with E-state index in [2.05, 4.69) is 6.58 Å². The molecule has 0 amide bonds. The summed E-state index contributed by atoms with van der Waals surface area (Å²) >= 11 is 0. The third-order valence-electron chi connectivity index (χ3n) is 2.84. The molecule has 0 saturated heterocycles. The lowest BCUT2D eigenvalue weighted by Gasteiger charge is -2.19. The molecule has 7 heteroatoms. The monoisotopic (exact) mass is 362 g/mol. The Morgan fingerprint density at radius 2 is 1.40 bits per heavy atom. The van der Waals surface area contributed by atoms with Gasteiger partial charge in [-0.2, -0.15) is 0 Å². The zero-order chi connectivity index (χ0) is 18.1. The molecule has 0 aliphatic heterocycles. The average Bonchev–Trinajstić information content (AvgIpc) is 2.60. The van der Waals surface area contributed by atoms with Crippen LogP contribution in [0.15, 0.2) is 72.8 Å². The van der Waals surface area contributed by atoms with Gasteiger partial charge in [0.15, 0.2) is 0 Å². The second-order valence-electron chi connectivity index (χ2n) is 5.01. The van der Waals surface area contributed by atoms with Crippen LogP contribution in [-0.2, 0) is 18.6 Å². The lowest BCUT2D eigenvalue weighted by Crippen LogP contribution is -2.13. The predicted octanol–water partition coefficient (Wildman–Crippen LogP) is 4.39. The Balaban J connectivity index is 2.02. The first kappa shape index (κ1) is 18.8. The standard InChI is InChI=1S/C18H19O6P/c1-15(2)18(19)21-13-14-22-25(20,23-16-9-5-3-6-10-16)24-17-11-7-4-8-12-17/h3-12H,1,13-14H2,2H3. The summed E-state index contributed by atoms with van der Waals surface area (Å²) in [6.45, 7) is 4.75. The van der Waals surface area contributed by atoms with Gasteiger partial charge in [0.25, 0.3) is 0 Å². The molecule has 0 aliphatic carbocycles. The number of ether oxygens (including phenoxy) is 1. The molecule has 0 radical (unpaired) electrons. The fourth-order valence-corrected chi connectivity index (χ4v) is 2.90. The van der Waals surface area contributed by atoms with Crippen LogP contribution >= 0.6 is 7.82 Å². The summed E-state index contributed by atoms with van der Waals surface area (Å²) in [6, 6.07) is 17.1. The maximum absolute atomic E-state index is 12.9. The minimum atomic E-state index is -3.96. The number of rotatable bonds is 9. The molecular formula is C18H19O6P. The van der Waals surface area contributed by atoms with Crippen LogP contribution in [0.2, 0.25) is 0 Å². The van der Waals surface area contributed by atoms with Crippen molar-refractivity contribution in [1.29, 1.82) is 0 Å². The van der Waals surface area contributed by atoms with Gasteiger partial charge in [0.05, 0.1) is 6.61 Å². The van der Waals surface area contributed by atoms with Crippen molar-refractivity contribution in [1.82, 2.24) is 0 Å². The zero-order valence-corrected chi connectivity index (χ0v) is 14.7. The van der Waals surface area contributed by atoms with Gasteiger partial charge in [0.2, 0.25) is 0 Å². The molecule has 0 spiro atoms. The molecule has 0 unspecified atom stereocenters. The van der Waals surface area contributed by atoms with Crippen LogP contribution < -0.4 is 9.05 Å². The Morgan fingerprint density at radius 1 is 0.920 bits per heavy atom. The molecule has 6 nitrogen and oxygen atoms in total. The fraction of sp³-hybridized carbons (Fsp3) is 0.167. The van der Waals surface area contributed by atoms with E-state index in [1.54, 1.807) is 60.7 Å². The van der Waals surface area contributed by atoms with Crippen molar-refractivity contribution in [2.45, 2.75) is 6.92 Å². The van der Waals surface area contributed by atoms with Gasteiger partial charge in [-0.25, -0.2) is 9.36 Å². The average molecular weight is 362 g/mol. The molecule has 2 aromatic carbocycles. The largest absolute Gasteiger partial charge is 0.587 e. The van der Waals surface area contributed by atoms with Gasteiger partial charge in [-0.1, -0.05) is 43.0 Å². The van der Waals surface area contributed by atoms with Gasteiger partial charge < -0.3 is 13.8 Å². The van der Waals surface area contributed by atoms with Crippen LogP contribution in [0.3, 0.4) is 0 Å². The fourth-order valence-electron chi connectivity index (χ4n) is 1.70. The third-order valence-corrected chi connectivity index (χ3v) is 4.20. The van der Waals surface area contributed by atoms with E-state index in [4.69, 9.17) is 18.3 Å². The molecule has 0 saturated carbocycles. The maximum Gasteiger partial charge on any atom is 0.587 e. The highest BCUT2D eigenvalue weighted by Gasteiger charge is 2.31. The quantitative estimate of drug-likeness (QED) is 0.285. The Kier molecular flexibility index (Phi) is 6.81. The SMILES string of the molecule is C=C(C)C(=O)OCCOP(=O)(Oc1ccccc1)Oc1ccccc1. The number of phosphoric ester groups is 1. The second kappa shape index (κ2) is 9.06. The number of phosphoric acid groups is 1. The summed E-state index contributed by atoms with van der Waals surface area (Å²) in [4.78, 5) is 11.3. The minimum absolute atomic E-state index is 0.105. The lowest BCUT2D eigenvalue weighted by atomic mass is 10.3. The van der Waals surface area contributed by atoms with Crippen LogP contribution in [0, 0.1) is 0 Å². The second-order valence-corrected chi connectivity index (χ2v) is 6.52. The molecular weight excluding hydrogens is 343 g/mol. The molecule has 0 aromatic heterocycles. The van der Waals surface area contributed by atoms with Crippen molar-refractivity contribution in [2.75, 3.05) is 13.2 Å². The van der Waals surface area contributed by atoms with Crippen molar-refractivity contribution >= 4 is 13.8 Å². The highest BCUT2D eigenvalue weighted by Crippen LogP contribution is 2.49. The van der Waals surface area contributed by atoms with E-state index in [0.29, 0.717) is 11.5 Å². The molecule has 0 aliphatic rings. The number of carbonyl (C=O) groups excluding carboxylic acids is 1. The highest BCUT2D eigenvalue weighted by molar-refractivity contribution is 7.49. The molecule has 0 atom stereocenters. The van der Waals surface area contributed by atoms with E-state index in [1.807, 2.05) is 0 Å². The molecule has 0 N–H and O–H groups in total. The lowest BCUT2D eigenvalue weighted by molar-refractivity contribution is -0.139. The first-order valence-corrected chi connectivity index (χ1v) is 9.01. The Morgan fingerprint density at radius 3 is 1.84 bits per heavy atom. The van der Waals surface area contributed by atoms with Crippen LogP contribution in [0.1, 0.15) is 6.92 Å². The smallest absolute Gasteiger partial charge is 0.460 e. The van der Waals surface area contributed by atoms with E-state index < -0.39 is 13.8 Å². The molecule has 0 fully saturated rings. The van der Waals surface area contributed by atoms with Crippen LogP contribution in [-0.4, -0.2) is 19.2 Å². The van der Waals surface area contributed by atoms with Gasteiger partial charge in [-0.15, -0.1) is 0 Å². The van der Waals surface area contributed by atoms with Crippen molar-refractivity contribution in [3.05, 3.63) is 72.8 Å². The first-order chi connectivity index (χ1) is 12.0. The van der Waals surface area contributed by atoms with Crippen molar-refractivity contribution in [3.63, 3.8) is 0 Å². The Hall–Kier alpha value is -2.56. The van der Waals surface area contributed by atoms with Crippen molar-refractivity contribution in [2.24, 2.45) is 0 Å². The Labute approximate surface area is 146 Å². The minimum Gasteiger partial charge on any atom is -0.460 e. The number of hydrogen-bond acceptors (Lipinski definition) is 6. The first-order valence-electron chi connectivity index (χ1n) is 7.55. The van der Waals surface area contributed by atoms with E-state index in [0.717, 1.165) is 0 Å². The van der Waals surface area contributed by atoms with Crippen LogP contribution in [0.5, 0.6) is 11.5 Å². The molecule has 2 aromatic rings. The molecule has 2 rings (SSSR count). The molecule has 0 bridgehead atoms. The number of para-hydroxylation sites is 2.